The fourth-order valence-corrected chi connectivity index (χ4v) is 2.27. The summed E-state index contributed by atoms with van der Waals surface area (Å²) >= 11 is 0. The van der Waals surface area contributed by atoms with Crippen molar-refractivity contribution >= 4 is 17.6 Å². The van der Waals surface area contributed by atoms with Gasteiger partial charge in [0.2, 0.25) is 0 Å². The summed E-state index contributed by atoms with van der Waals surface area (Å²) in [6, 6.07) is 9.31. The second-order valence-electron chi connectivity index (χ2n) is 5.36. The molecular formula is C16H18N4O5. The van der Waals surface area contributed by atoms with Crippen LogP contribution in [-0.4, -0.2) is 33.2 Å². The lowest BCUT2D eigenvalue weighted by Gasteiger charge is -2.07. The number of nitrogens with zero attached hydrogens (tertiary/aromatic N) is 3. The molecule has 0 fully saturated rings. The Kier molecular flexibility index (Phi) is 5.83. The van der Waals surface area contributed by atoms with Crippen LogP contribution in [0.5, 0.6) is 0 Å². The molecule has 1 N–H and O–H groups in total. The number of ether oxygens (including phenoxy) is 1. The number of aromatic nitrogens is 2. The molecule has 0 bridgehead atoms. The predicted octanol–water partition coefficient (Wildman–Crippen LogP) is 1.27. The van der Waals surface area contributed by atoms with Crippen LogP contribution in [0.4, 0.5) is 5.69 Å². The molecule has 0 spiro atoms. The second kappa shape index (κ2) is 8.04. The Balaban J connectivity index is 1.82. The van der Waals surface area contributed by atoms with Crippen LogP contribution in [0, 0.1) is 24.0 Å². The summed E-state index contributed by atoms with van der Waals surface area (Å²) in [7, 11) is 0. The summed E-state index contributed by atoms with van der Waals surface area (Å²) in [6.45, 7) is 2.60. The van der Waals surface area contributed by atoms with Crippen molar-refractivity contribution < 1.29 is 19.2 Å². The van der Waals surface area contributed by atoms with Crippen LogP contribution < -0.4 is 5.32 Å². The van der Waals surface area contributed by atoms with Gasteiger partial charge in [-0.05, 0) is 19.4 Å². The molecule has 0 saturated heterocycles. The third kappa shape index (κ3) is 4.87. The van der Waals surface area contributed by atoms with Gasteiger partial charge < -0.3 is 10.1 Å². The van der Waals surface area contributed by atoms with Crippen molar-refractivity contribution in [3.05, 3.63) is 57.4 Å². The Morgan fingerprint density at radius 3 is 2.56 bits per heavy atom. The van der Waals surface area contributed by atoms with Crippen molar-refractivity contribution in [2.75, 3.05) is 6.61 Å². The first-order valence-electron chi connectivity index (χ1n) is 7.53. The molecule has 0 aliphatic carbocycles. The first kappa shape index (κ1) is 18.1. The number of nitrogens with one attached hydrogen (secondary N) is 1. The molecule has 0 radical (unpaired) electrons. The van der Waals surface area contributed by atoms with Gasteiger partial charge in [-0.3, -0.25) is 24.4 Å². The number of esters is 1. The molecule has 1 aromatic carbocycles. The lowest BCUT2D eigenvalue weighted by atomic mass is 10.2. The fourth-order valence-electron chi connectivity index (χ4n) is 2.27. The minimum absolute atomic E-state index is 0.131. The zero-order valence-electron chi connectivity index (χ0n) is 13.9. The van der Waals surface area contributed by atoms with Gasteiger partial charge in [-0.1, -0.05) is 30.3 Å². The Morgan fingerprint density at radius 2 is 1.96 bits per heavy atom. The molecule has 0 atom stereocenters. The number of aryl methyl sites for hydroxylation is 1. The van der Waals surface area contributed by atoms with Gasteiger partial charge in [0.05, 0.1) is 4.92 Å². The van der Waals surface area contributed by atoms with Gasteiger partial charge in [-0.25, -0.2) is 0 Å². The highest BCUT2D eigenvalue weighted by Gasteiger charge is 2.23. The quantitative estimate of drug-likeness (QED) is 0.458. The van der Waals surface area contributed by atoms with E-state index in [1.54, 1.807) is 0 Å². The normalized spacial score (nSPS) is 10.3. The lowest BCUT2D eigenvalue weighted by molar-refractivity contribution is -0.386. The summed E-state index contributed by atoms with van der Waals surface area (Å²) in [6.07, 6.45) is 0. The summed E-state index contributed by atoms with van der Waals surface area (Å²) in [5, 5.41) is 17.5. The average Bonchev–Trinajstić information content (AvgIpc) is 2.85. The van der Waals surface area contributed by atoms with Gasteiger partial charge in [0.15, 0.2) is 6.61 Å². The van der Waals surface area contributed by atoms with Crippen LogP contribution in [-0.2, 0) is 27.4 Å². The third-order valence-electron chi connectivity index (χ3n) is 3.50. The Labute approximate surface area is 143 Å². The predicted molar refractivity (Wildman–Crippen MR) is 87.6 cm³/mol. The third-order valence-corrected chi connectivity index (χ3v) is 3.50. The number of carbonyl (C=O) groups excluding carboxylic acids is 2. The van der Waals surface area contributed by atoms with Crippen molar-refractivity contribution in [1.29, 1.82) is 0 Å². The number of carbonyl (C=O) groups is 2. The molecule has 9 heteroatoms. The van der Waals surface area contributed by atoms with E-state index < -0.39 is 23.4 Å². The number of nitro groups is 1. The molecular weight excluding hydrogens is 328 g/mol. The van der Waals surface area contributed by atoms with Crippen molar-refractivity contribution in [3.63, 3.8) is 0 Å². The number of amides is 1. The second-order valence-corrected chi connectivity index (χ2v) is 5.36. The van der Waals surface area contributed by atoms with Gasteiger partial charge in [0, 0.05) is 6.54 Å². The van der Waals surface area contributed by atoms with Gasteiger partial charge in [-0.2, -0.15) is 5.10 Å². The molecule has 2 rings (SSSR count). The van der Waals surface area contributed by atoms with E-state index in [1.165, 1.54) is 18.5 Å². The maximum atomic E-state index is 11.8. The molecule has 1 aromatic heterocycles. The standard InChI is InChI=1S/C16H18N4O5/c1-11-16(20(23)24)12(2)19(18-11)9-15(22)25-10-14(21)17-8-13-6-4-3-5-7-13/h3-7H,8-10H2,1-2H3,(H,17,21). The SMILES string of the molecule is Cc1nn(CC(=O)OCC(=O)NCc2ccccc2)c(C)c1[N+](=O)[O-]. The Bertz CT molecular complexity index is 785. The zero-order valence-corrected chi connectivity index (χ0v) is 13.9. The molecule has 25 heavy (non-hydrogen) atoms. The molecule has 0 aliphatic heterocycles. The van der Waals surface area contributed by atoms with E-state index in [2.05, 4.69) is 10.4 Å². The maximum absolute atomic E-state index is 11.8. The van der Waals surface area contributed by atoms with Crippen LogP contribution in [0.15, 0.2) is 30.3 Å². The topological polar surface area (TPSA) is 116 Å². The van der Waals surface area contributed by atoms with E-state index in [9.17, 15) is 19.7 Å². The number of rotatable bonds is 7. The van der Waals surface area contributed by atoms with E-state index in [-0.39, 0.29) is 23.6 Å². The first-order valence-corrected chi connectivity index (χ1v) is 7.53. The lowest BCUT2D eigenvalue weighted by Crippen LogP contribution is -2.29. The largest absolute Gasteiger partial charge is 0.454 e. The Hall–Kier alpha value is -3.23. The van der Waals surface area contributed by atoms with E-state index >= 15 is 0 Å². The molecule has 1 heterocycles. The zero-order chi connectivity index (χ0) is 18.4. The minimum atomic E-state index is -0.699. The van der Waals surface area contributed by atoms with E-state index in [1.807, 2.05) is 30.3 Å². The maximum Gasteiger partial charge on any atom is 0.328 e. The minimum Gasteiger partial charge on any atom is -0.454 e. The molecule has 9 nitrogen and oxygen atoms in total. The molecule has 0 saturated carbocycles. The first-order chi connectivity index (χ1) is 11.9. The van der Waals surface area contributed by atoms with Gasteiger partial charge in [-0.15, -0.1) is 0 Å². The Morgan fingerprint density at radius 1 is 1.28 bits per heavy atom. The summed E-state index contributed by atoms with van der Waals surface area (Å²) < 4.78 is 6.07. The van der Waals surface area contributed by atoms with Crippen molar-refractivity contribution in [2.24, 2.45) is 0 Å². The monoisotopic (exact) mass is 346 g/mol. The summed E-state index contributed by atoms with van der Waals surface area (Å²) in [5.74, 6) is -1.13. The van der Waals surface area contributed by atoms with Gasteiger partial charge in [0.25, 0.3) is 5.91 Å². The molecule has 0 unspecified atom stereocenters. The average molecular weight is 346 g/mol. The highest BCUT2D eigenvalue weighted by atomic mass is 16.6. The van der Waals surface area contributed by atoms with E-state index in [0.29, 0.717) is 6.54 Å². The number of hydrogen-bond donors (Lipinski definition) is 1. The van der Waals surface area contributed by atoms with Crippen molar-refractivity contribution in [1.82, 2.24) is 15.1 Å². The number of benzene rings is 1. The summed E-state index contributed by atoms with van der Waals surface area (Å²) in [5.41, 5.74) is 1.27. The van der Waals surface area contributed by atoms with Crippen LogP contribution in [0.3, 0.4) is 0 Å². The van der Waals surface area contributed by atoms with E-state index in [0.717, 1.165) is 5.56 Å². The molecule has 0 aliphatic rings. The highest BCUT2D eigenvalue weighted by Crippen LogP contribution is 2.21. The van der Waals surface area contributed by atoms with Gasteiger partial charge in [0.1, 0.15) is 17.9 Å². The van der Waals surface area contributed by atoms with Crippen molar-refractivity contribution in [3.8, 4) is 0 Å². The van der Waals surface area contributed by atoms with Crippen LogP contribution in [0.2, 0.25) is 0 Å². The van der Waals surface area contributed by atoms with Crippen molar-refractivity contribution in [2.45, 2.75) is 26.9 Å². The number of hydrogen-bond acceptors (Lipinski definition) is 6. The van der Waals surface area contributed by atoms with Crippen LogP contribution in [0.25, 0.3) is 0 Å². The van der Waals surface area contributed by atoms with E-state index in [4.69, 9.17) is 4.74 Å². The summed E-state index contributed by atoms with van der Waals surface area (Å²) in [4.78, 5) is 33.9. The van der Waals surface area contributed by atoms with Crippen LogP contribution in [0.1, 0.15) is 17.0 Å². The smallest absolute Gasteiger partial charge is 0.328 e. The van der Waals surface area contributed by atoms with Gasteiger partial charge >= 0.3 is 11.7 Å². The molecule has 132 valence electrons. The van der Waals surface area contributed by atoms with Crippen LogP contribution >= 0.6 is 0 Å². The highest BCUT2D eigenvalue weighted by molar-refractivity contribution is 5.80. The fraction of sp³-hybridized carbons (Fsp3) is 0.312. The molecule has 2 aromatic rings. The molecule has 1 amide bonds.